The van der Waals surface area contributed by atoms with Crippen LogP contribution in [0.2, 0.25) is 0 Å². The Kier molecular flexibility index (Phi) is 3.41. The lowest BCUT2D eigenvalue weighted by Gasteiger charge is -2.27. The third-order valence-corrected chi connectivity index (χ3v) is 2.53. The first kappa shape index (κ1) is 13.3. The average Bonchev–Trinajstić information content (AvgIpc) is 2.34. The number of phenolic OH excluding ortho intramolecular Hbond substituents is 1. The molecule has 0 fully saturated rings. The quantitative estimate of drug-likeness (QED) is 0.760. The van der Waals surface area contributed by atoms with Gasteiger partial charge < -0.3 is 20.5 Å². The molecule has 0 spiro atoms. The van der Waals surface area contributed by atoms with Crippen molar-refractivity contribution in [3.05, 3.63) is 18.2 Å². The minimum absolute atomic E-state index is 0.00910. The van der Waals surface area contributed by atoms with Crippen LogP contribution in [0.25, 0.3) is 0 Å². The zero-order chi connectivity index (χ0) is 14.0. The Bertz CT molecular complexity index is 491. The normalized spacial score (nSPS) is 17.9. The van der Waals surface area contributed by atoms with E-state index < -0.39 is 18.1 Å². The van der Waals surface area contributed by atoms with Gasteiger partial charge in [0.1, 0.15) is 18.1 Å². The topological polar surface area (TPSA) is 70.6 Å². The summed E-state index contributed by atoms with van der Waals surface area (Å²) >= 11 is 0. The summed E-state index contributed by atoms with van der Waals surface area (Å²) in [5.41, 5.74) is 0.470. The van der Waals surface area contributed by atoms with Crippen molar-refractivity contribution in [1.29, 1.82) is 0 Å². The standard InChI is InChI=1S/C11H11F3N2O3/c12-11(13,14)10(18)15-4-6-5-19-9-2-1-7(17)3-8(9)16-6/h1-3,6,16-17H,4-5H2,(H,15,18). The molecule has 1 unspecified atom stereocenters. The van der Waals surface area contributed by atoms with Crippen LogP contribution < -0.4 is 15.4 Å². The zero-order valence-electron chi connectivity index (χ0n) is 9.62. The van der Waals surface area contributed by atoms with E-state index in [1.807, 2.05) is 0 Å². The first-order chi connectivity index (χ1) is 8.86. The molecule has 0 saturated carbocycles. The minimum atomic E-state index is -4.90. The molecule has 1 aliphatic heterocycles. The second-order valence-electron chi connectivity index (χ2n) is 4.04. The van der Waals surface area contributed by atoms with E-state index in [1.54, 1.807) is 11.4 Å². The number of fused-ring (bicyclic) bond motifs is 1. The number of hydrogen-bond donors (Lipinski definition) is 3. The Morgan fingerprint density at radius 3 is 2.95 bits per heavy atom. The largest absolute Gasteiger partial charge is 0.508 e. The van der Waals surface area contributed by atoms with Gasteiger partial charge in [0.25, 0.3) is 0 Å². The lowest BCUT2D eigenvalue weighted by molar-refractivity contribution is -0.173. The van der Waals surface area contributed by atoms with E-state index in [-0.39, 0.29) is 18.9 Å². The van der Waals surface area contributed by atoms with Gasteiger partial charge in [-0.25, -0.2) is 0 Å². The molecule has 8 heteroatoms. The van der Waals surface area contributed by atoms with E-state index in [4.69, 9.17) is 4.74 Å². The van der Waals surface area contributed by atoms with E-state index in [1.165, 1.54) is 12.1 Å². The fourth-order valence-electron chi connectivity index (χ4n) is 1.63. The van der Waals surface area contributed by atoms with Gasteiger partial charge >= 0.3 is 12.1 Å². The maximum atomic E-state index is 12.0. The number of amides is 1. The first-order valence-electron chi connectivity index (χ1n) is 5.43. The minimum Gasteiger partial charge on any atom is -0.508 e. The number of alkyl halides is 3. The Labute approximate surface area is 106 Å². The molecule has 0 bridgehead atoms. The molecule has 0 saturated heterocycles. The molecule has 1 heterocycles. The molecule has 0 aliphatic carbocycles. The number of aromatic hydroxyl groups is 1. The molecule has 1 aliphatic rings. The molecule has 1 aromatic rings. The SMILES string of the molecule is O=C(NCC1COc2ccc(O)cc2N1)C(F)(F)F. The highest BCUT2D eigenvalue weighted by molar-refractivity contribution is 5.81. The van der Waals surface area contributed by atoms with Gasteiger partial charge in [-0.2, -0.15) is 13.2 Å². The second kappa shape index (κ2) is 4.87. The molecule has 2 rings (SSSR count). The molecule has 0 radical (unpaired) electrons. The molecular formula is C11H11F3N2O3. The van der Waals surface area contributed by atoms with Crippen LogP contribution in [-0.4, -0.2) is 36.4 Å². The lowest BCUT2D eigenvalue weighted by atomic mass is 10.2. The maximum Gasteiger partial charge on any atom is 0.471 e. The van der Waals surface area contributed by atoms with Crippen LogP contribution >= 0.6 is 0 Å². The van der Waals surface area contributed by atoms with Crippen molar-refractivity contribution >= 4 is 11.6 Å². The van der Waals surface area contributed by atoms with Crippen LogP contribution in [0.4, 0.5) is 18.9 Å². The summed E-state index contributed by atoms with van der Waals surface area (Å²) < 4.78 is 41.3. The number of halogens is 3. The van der Waals surface area contributed by atoms with Crippen molar-refractivity contribution < 1.29 is 27.8 Å². The van der Waals surface area contributed by atoms with Crippen LogP contribution in [-0.2, 0) is 4.79 Å². The number of anilines is 1. The number of benzene rings is 1. The molecule has 3 N–H and O–H groups in total. The lowest BCUT2D eigenvalue weighted by Crippen LogP contribution is -2.46. The number of hydrogen-bond acceptors (Lipinski definition) is 4. The molecule has 104 valence electrons. The van der Waals surface area contributed by atoms with Gasteiger partial charge in [0, 0.05) is 12.6 Å². The Balaban J connectivity index is 1.93. The van der Waals surface area contributed by atoms with E-state index >= 15 is 0 Å². The van der Waals surface area contributed by atoms with Crippen LogP contribution in [0.15, 0.2) is 18.2 Å². The van der Waals surface area contributed by atoms with Gasteiger partial charge in [0.2, 0.25) is 0 Å². The first-order valence-corrected chi connectivity index (χ1v) is 5.43. The van der Waals surface area contributed by atoms with Crippen LogP contribution in [0, 0.1) is 0 Å². The highest BCUT2D eigenvalue weighted by Gasteiger charge is 2.38. The van der Waals surface area contributed by atoms with E-state index in [2.05, 4.69) is 5.32 Å². The number of carbonyl (C=O) groups excluding carboxylic acids is 1. The summed E-state index contributed by atoms with van der Waals surface area (Å²) in [6.07, 6.45) is -4.90. The summed E-state index contributed by atoms with van der Waals surface area (Å²) in [5, 5.41) is 13.9. The monoisotopic (exact) mass is 276 g/mol. The van der Waals surface area contributed by atoms with Crippen LogP contribution in [0.5, 0.6) is 11.5 Å². The molecule has 5 nitrogen and oxygen atoms in total. The third kappa shape index (κ3) is 3.21. The van der Waals surface area contributed by atoms with Gasteiger partial charge in [0.05, 0.1) is 11.7 Å². The van der Waals surface area contributed by atoms with Crippen LogP contribution in [0.3, 0.4) is 0 Å². The predicted molar refractivity (Wildman–Crippen MR) is 60.1 cm³/mol. The Hall–Kier alpha value is -2.12. The zero-order valence-corrected chi connectivity index (χ0v) is 9.62. The third-order valence-electron chi connectivity index (χ3n) is 2.53. The fourth-order valence-corrected chi connectivity index (χ4v) is 1.63. The van der Waals surface area contributed by atoms with Crippen molar-refractivity contribution in [1.82, 2.24) is 5.32 Å². The molecule has 1 amide bonds. The van der Waals surface area contributed by atoms with Gasteiger partial charge in [-0.1, -0.05) is 0 Å². The molecule has 1 aromatic carbocycles. The van der Waals surface area contributed by atoms with Crippen molar-refractivity contribution in [2.45, 2.75) is 12.2 Å². The number of nitrogens with one attached hydrogen (secondary N) is 2. The number of carbonyl (C=O) groups is 1. The summed E-state index contributed by atoms with van der Waals surface area (Å²) in [6.45, 7) is -0.108. The number of phenols is 1. The van der Waals surface area contributed by atoms with Crippen LogP contribution in [0.1, 0.15) is 0 Å². The van der Waals surface area contributed by atoms with Gasteiger partial charge in [-0.15, -0.1) is 0 Å². The number of ether oxygens (including phenoxy) is 1. The maximum absolute atomic E-state index is 12.0. The van der Waals surface area contributed by atoms with E-state index in [0.29, 0.717) is 11.4 Å². The summed E-state index contributed by atoms with van der Waals surface area (Å²) in [4.78, 5) is 10.7. The summed E-state index contributed by atoms with van der Waals surface area (Å²) in [5.74, 6) is -1.48. The van der Waals surface area contributed by atoms with E-state index in [0.717, 1.165) is 0 Å². The van der Waals surface area contributed by atoms with Crippen molar-refractivity contribution in [2.24, 2.45) is 0 Å². The smallest absolute Gasteiger partial charge is 0.471 e. The van der Waals surface area contributed by atoms with E-state index in [9.17, 15) is 23.1 Å². The summed E-state index contributed by atoms with van der Waals surface area (Å²) in [7, 11) is 0. The van der Waals surface area contributed by atoms with Gasteiger partial charge in [-0.05, 0) is 12.1 Å². The molecular weight excluding hydrogens is 265 g/mol. The molecule has 1 atom stereocenters. The van der Waals surface area contributed by atoms with Crippen molar-refractivity contribution in [3.63, 3.8) is 0 Å². The van der Waals surface area contributed by atoms with Crippen molar-refractivity contribution in [3.8, 4) is 11.5 Å². The van der Waals surface area contributed by atoms with Gasteiger partial charge in [-0.3, -0.25) is 4.79 Å². The Morgan fingerprint density at radius 2 is 2.26 bits per heavy atom. The van der Waals surface area contributed by atoms with Crippen molar-refractivity contribution in [2.75, 3.05) is 18.5 Å². The number of rotatable bonds is 2. The highest BCUT2D eigenvalue weighted by Crippen LogP contribution is 2.31. The second-order valence-corrected chi connectivity index (χ2v) is 4.04. The average molecular weight is 276 g/mol. The highest BCUT2D eigenvalue weighted by atomic mass is 19.4. The molecule has 0 aromatic heterocycles. The molecule has 19 heavy (non-hydrogen) atoms. The fraction of sp³-hybridized carbons (Fsp3) is 0.364. The summed E-state index contributed by atoms with van der Waals surface area (Å²) in [6, 6.07) is 3.88. The Morgan fingerprint density at radius 1 is 1.53 bits per heavy atom. The predicted octanol–water partition coefficient (Wildman–Crippen LogP) is 1.24. The van der Waals surface area contributed by atoms with Gasteiger partial charge in [0.15, 0.2) is 0 Å².